The van der Waals surface area contributed by atoms with Gasteiger partial charge >= 0.3 is 0 Å². The summed E-state index contributed by atoms with van der Waals surface area (Å²) in [5.74, 6) is 0.648. The van der Waals surface area contributed by atoms with E-state index in [9.17, 15) is 24.8 Å². The lowest BCUT2D eigenvalue weighted by Gasteiger charge is -2.33. The minimum absolute atomic E-state index is 0.00805. The molecule has 5 atom stereocenters. The third-order valence-corrected chi connectivity index (χ3v) is 11.1. The van der Waals surface area contributed by atoms with Gasteiger partial charge < -0.3 is 20.6 Å². The summed E-state index contributed by atoms with van der Waals surface area (Å²) in [5.41, 5.74) is 4.22. The molecule has 4 aromatic rings. The number of piperidine rings is 1. The van der Waals surface area contributed by atoms with Crippen molar-refractivity contribution < 1.29 is 19.5 Å². The first-order chi connectivity index (χ1) is 24.5. The van der Waals surface area contributed by atoms with Gasteiger partial charge in [0.15, 0.2) is 5.78 Å². The molecule has 0 radical (unpaired) electrons. The second-order valence-corrected chi connectivity index (χ2v) is 14.4. The zero-order valence-corrected chi connectivity index (χ0v) is 29.4. The van der Waals surface area contributed by atoms with Crippen molar-refractivity contribution in [2.75, 3.05) is 11.9 Å². The van der Waals surface area contributed by atoms with Crippen LogP contribution in [0.3, 0.4) is 0 Å². The van der Waals surface area contributed by atoms with Gasteiger partial charge in [-0.15, -0.1) is 0 Å². The first-order valence-corrected chi connectivity index (χ1v) is 17.7. The molecule has 13 nitrogen and oxygen atoms in total. The third-order valence-electron chi connectivity index (χ3n) is 11.1. The lowest BCUT2D eigenvalue weighted by molar-refractivity contribution is -0.136. The molecular formula is C38H43N9O4. The van der Waals surface area contributed by atoms with Gasteiger partial charge in [-0.25, -0.2) is 15.0 Å². The Kier molecular flexibility index (Phi) is 9.05. The lowest BCUT2D eigenvalue weighted by Crippen LogP contribution is -2.50. The molecule has 1 saturated heterocycles. The molecule has 1 aromatic carbocycles. The highest BCUT2D eigenvalue weighted by molar-refractivity contribution is 6.07. The predicted octanol–water partition coefficient (Wildman–Crippen LogP) is 4.24. The molecule has 1 aliphatic carbocycles. The van der Waals surface area contributed by atoms with Gasteiger partial charge in [0.2, 0.25) is 11.8 Å². The van der Waals surface area contributed by atoms with Gasteiger partial charge in [0.25, 0.3) is 0 Å². The second kappa shape index (κ2) is 13.5. The molecule has 3 aromatic heterocycles. The summed E-state index contributed by atoms with van der Waals surface area (Å²) in [5, 5.41) is 32.8. The SMILES string of the molecule is CC(=O)c1nn2c3c(cc(-c4cnc(C)nc4)cc13)CCCCCCC(=O)NC[C@@]13C[C@@H](C(O)Nc4nc(C#N)ccc4C)N(C(=O)C2)[C@@H]1[C@@H]3C. The number of rotatable bonds is 5. The highest BCUT2D eigenvalue weighted by Gasteiger charge is 2.72. The summed E-state index contributed by atoms with van der Waals surface area (Å²) in [6.45, 7) is 7.49. The van der Waals surface area contributed by atoms with Gasteiger partial charge in [0.1, 0.15) is 41.9 Å². The summed E-state index contributed by atoms with van der Waals surface area (Å²) in [6.07, 6.45) is 7.35. The molecule has 5 heterocycles. The number of aryl methyl sites for hydroxylation is 3. The van der Waals surface area contributed by atoms with E-state index < -0.39 is 17.7 Å². The third kappa shape index (κ3) is 6.33. The van der Waals surface area contributed by atoms with E-state index in [1.807, 2.05) is 26.0 Å². The number of nitrogens with one attached hydrogen (secondary N) is 2. The maximum atomic E-state index is 14.6. The Morgan fingerprint density at radius 1 is 1.10 bits per heavy atom. The van der Waals surface area contributed by atoms with Crippen LogP contribution in [0.4, 0.5) is 5.82 Å². The van der Waals surface area contributed by atoms with Gasteiger partial charge in [0, 0.05) is 54.7 Å². The Morgan fingerprint density at radius 2 is 1.84 bits per heavy atom. The molecule has 0 spiro atoms. The number of carbonyl (C=O) groups is 3. The number of amides is 2. The largest absolute Gasteiger partial charge is 0.372 e. The number of hydrogen-bond acceptors (Lipinski definition) is 10. The standard InChI is InChI=1S/C38H43N9O4/c1-21-11-12-28(16-39)43-36(21)44-37(51)30-15-38-20-42-31(49)10-8-6-5-7-9-25-13-26(27-17-40-24(4)41-18-27)14-29-33(23(3)48)45-46(34(25)29)19-32(50)47(30)35(38)22(38)2/h11-14,17-18,22,30,35,37,51H,5-10,15,19-20H2,1-4H3,(H,42,49)(H,43,44)/t22-,30-,35+,37?,38+/m0/s1. The molecule has 1 saturated carbocycles. The van der Waals surface area contributed by atoms with Crippen LogP contribution >= 0.6 is 0 Å². The Hall–Kier alpha value is -5.22. The fourth-order valence-electron chi connectivity index (χ4n) is 8.30. The average molecular weight is 690 g/mol. The van der Waals surface area contributed by atoms with Gasteiger partial charge in [-0.2, -0.15) is 10.4 Å². The molecular weight excluding hydrogens is 646 g/mol. The number of benzene rings is 1. The summed E-state index contributed by atoms with van der Waals surface area (Å²) < 4.78 is 1.66. The molecule has 264 valence electrons. The smallest absolute Gasteiger partial charge is 0.245 e. The maximum absolute atomic E-state index is 14.6. The molecule has 51 heavy (non-hydrogen) atoms. The van der Waals surface area contributed by atoms with E-state index in [1.165, 1.54) is 6.92 Å². The van der Waals surface area contributed by atoms with Crippen LogP contribution in [0, 0.1) is 36.5 Å². The number of carbonyl (C=O) groups excluding carboxylic acids is 3. The molecule has 3 N–H and O–H groups in total. The molecule has 7 rings (SSSR count). The minimum atomic E-state index is -1.20. The van der Waals surface area contributed by atoms with Crippen molar-refractivity contribution in [1.29, 1.82) is 5.26 Å². The van der Waals surface area contributed by atoms with Crippen LogP contribution in [0.15, 0.2) is 36.7 Å². The van der Waals surface area contributed by atoms with Crippen LogP contribution in [0.25, 0.3) is 22.0 Å². The molecule has 2 aliphatic heterocycles. The van der Waals surface area contributed by atoms with Crippen molar-refractivity contribution in [3.05, 3.63) is 65.0 Å². The van der Waals surface area contributed by atoms with Crippen LogP contribution in [0.5, 0.6) is 0 Å². The average Bonchev–Trinajstić information content (AvgIpc) is 3.36. The lowest BCUT2D eigenvalue weighted by atomic mass is 9.95. The van der Waals surface area contributed by atoms with E-state index in [1.54, 1.807) is 34.1 Å². The first-order valence-electron chi connectivity index (χ1n) is 17.7. The maximum Gasteiger partial charge on any atom is 0.245 e. The highest BCUT2D eigenvalue weighted by atomic mass is 16.3. The van der Waals surface area contributed by atoms with Crippen molar-refractivity contribution in [3.63, 3.8) is 0 Å². The number of anilines is 1. The molecule has 1 unspecified atom stereocenters. The number of nitriles is 1. The van der Waals surface area contributed by atoms with Crippen molar-refractivity contribution in [3.8, 4) is 17.2 Å². The van der Waals surface area contributed by atoms with Crippen LogP contribution < -0.4 is 10.6 Å². The summed E-state index contributed by atoms with van der Waals surface area (Å²) >= 11 is 0. The van der Waals surface area contributed by atoms with E-state index >= 15 is 0 Å². The van der Waals surface area contributed by atoms with E-state index in [0.29, 0.717) is 48.5 Å². The normalized spacial score (nSPS) is 24.3. The number of hydrogen-bond donors (Lipinski definition) is 3. The summed E-state index contributed by atoms with van der Waals surface area (Å²) in [4.78, 5) is 55.5. The van der Waals surface area contributed by atoms with Crippen molar-refractivity contribution in [1.82, 2.24) is 34.9 Å². The van der Waals surface area contributed by atoms with Crippen molar-refractivity contribution in [2.45, 2.75) is 97.5 Å². The number of aliphatic hydroxyl groups is 1. The highest BCUT2D eigenvalue weighted by Crippen LogP contribution is 2.64. The van der Waals surface area contributed by atoms with Crippen molar-refractivity contribution in [2.24, 2.45) is 11.3 Å². The molecule has 2 amide bonds. The molecule has 2 fully saturated rings. The molecule has 2 bridgehead atoms. The number of pyridine rings is 1. The fourth-order valence-corrected chi connectivity index (χ4v) is 8.30. The summed E-state index contributed by atoms with van der Waals surface area (Å²) in [6, 6.07) is 8.55. The quantitative estimate of drug-likeness (QED) is 0.203. The Labute approximate surface area is 296 Å². The zero-order chi connectivity index (χ0) is 36.0. The number of aromatic nitrogens is 5. The second-order valence-electron chi connectivity index (χ2n) is 14.4. The van der Waals surface area contributed by atoms with Gasteiger partial charge in [-0.1, -0.05) is 25.8 Å². The van der Waals surface area contributed by atoms with Crippen LogP contribution in [-0.2, 0) is 22.6 Å². The Morgan fingerprint density at radius 3 is 2.57 bits per heavy atom. The number of nitrogens with zero attached hydrogens (tertiary/aromatic N) is 7. The Bertz CT molecular complexity index is 2070. The minimum Gasteiger partial charge on any atom is -0.372 e. The number of ketones is 1. The van der Waals surface area contributed by atoms with E-state index in [2.05, 4.69) is 38.6 Å². The van der Waals surface area contributed by atoms with E-state index in [0.717, 1.165) is 53.5 Å². The van der Waals surface area contributed by atoms with Crippen LogP contribution in [0.1, 0.15) is 85.5 Å². The molecule has 3 aliphatic rings. The number of aliphatic hydroxyl groups excluding tert-OH is 1. The van der Waals surface area contributed by atoms with Crippen molar-refractivity contribution >= 4 is 34.3 Å². The first kappa shape index (κ1) is 34.2. The van der Waals surface area contributed by atoms with E-state index in [-0.39, 0.29) is 41.8 Å². The fraction of sp³-hybridized carbons (Fsp3) is 0.474. The Balaban J connectivity index is 1.30. The zero-order valence-electron chi connectivity index (χ0n) is 29.4. The summed E-state index contributed by atoms with van der Waals surface area (Å²) in [7, 11) is 0. The van der Waals surface area contributed by atoms with Crippen LogP contribution in [-0.4, -0.2) is 77.2 Å². The monoisotopic (exact) mass is 689 g/mol. The van der Waals surface area contributed by atoms with E-state index in [4.69, 9.17) is 5.10 Å². The topological polar surface area (TPSA) is 179 Å². The van der Waals surface area contributed by atoms with Gasteiger partial charge in [-0.05, 0) is 80.3 Å². The van der Waals surface area contributed by atoms with Gasteiger partial charge in [0.05, 0.1) is 11.6 Å². The molecule has 13 heteroatoms. The van der Waals surface area contributed by atoms with Gasteiger partial charge in [-0.3, -0.25) is 19.1 Å². The predicted molar refractivity (Wildman–Crippen MR) is 189 cm³/mol. The van der Waals surface area contributed by atoms with Crippen LogP contribution in [0.2, 0.25) is 0 Å². The number of Topliss-reactive ketones (excluding diaryl/α,β-unsaturated/α-hetero) is 1.